The molecular weight excluding hydrogens is 342 g/mol. The molecule has 2 N–H and O–H groups in total. The van der Waals surface area contributed by atoms with Gasteiger partial charge in [0.15, 0.2) is 0 Å². The molecule has 7 heteroatoms. The number of rotatable bonds is 4. The van der Waals surface area contributed by atoms with Gasteiger partial charge < -0.3 is 10.0 Å². The van der Waals surface area contributed by atoms with Crippen LogP contribution in [0.2, 0.25) is 5.02 Å². The van der Waals surface area contributed by atoms with Gasteiger partial charge in [0.2, 0.25) is 5.95 Å². The first-order chi connectivity index (χ1) is 11.9. The van der Waals surface area contributed by atoms with Gasteiger partial charge in [0.1, 0.15) is 0 Å². The molecule has 2 aromatic rings. The van der Waals surface area contributed by atoms with Crippen molar-refractivity contribution < 1.29 is 9.90 Å². The van der Waals surface area contributed by atoms with E-state index in [-0.39, 0.29) is 11.5 Å². The molecule has 1 aromatic carbocycles. The second-order valence-electron chi connectivity index (χ2n) is 6.36. The van der Waals surface area contributed by atoms with Gasteiger partial charge in [-0.1, -0.05) is 23.7 Å². The summed E-state index contributed by atoms with van der Waals surface area (Å²) in [4.78, 5) is 32.9. The van der Waals surface area contributed by atoms with Crippen LogP contribution in [-0.4, -0.2) is 34.1 Å². The maximum absolute atomic E-state index is 12.5. The number of anilines is 1. The Morgan fingerprint density at radius 1 is 1.32 bits per heavy atom. The molecule has 0 saturated carbocycles. The number of aliphatic carboxylic acids is 1. The second kappa shape index (κ2) is 7.27. The van der Waals surface area contributed by atoms with Gasteiger partial charge in [0, 0.05) is 30.1 Å². The number of H-pyrrole nitrogens is 1. The van der Waals surface area contributed by atoms with Crippen molar-refractivity contribution >= 4 is 23.5 Å². The first-order valence-corrected chi connectivity index (χ1v) is 8.64. The fourth-order valence-electron chi connectivity index (χ4n) is 3.10. The van der Waals surface area contributed by atoms with Crippen molar-refractivity contribution in [3.05, 3.63) is 56.5 Å². The van der Waals surface area contributed by atoms with Crippen molar-refractivity contribution in [2.75, 3.05) is 18.0 Å². The number of halogens is 1. The minimum absolute atomic E-state index is 0.155. The molecule has 0 atom stereocenters. The standard InChI is InChI=1S/C18H20ClN3O3/c1-11-15(10-12-2-4-14(19)5-3-12)16(23)21-18(20-11)22-8-6-13(7-9-22)17(24)25/h2-5,13H,6-10H2,1H3,(H,24,25)(H,20,21,23). The Kier molecular flexibility index (Phi) is 5.08. The normalized spacial score (nSPS) is 15.4. The van der Waals surface area contributed by atoms with E-state index in [0.717, 1.165) is 5.56 Å². The molecule has 6 nitrogen and oxygen atoms in total. The molecule has 0 unspecified atom stereocenters. The monoisotopic (exact) mass is 361 g/mol. The zero-order chi connectivity index (χ0) is 18.0. The number of aromatic amines is 1. The number of aromatic nitrogens is 2. The lowest BCUT2D eigenvalue weighted by Crippen LogP contribution is -2.38. The van der Waals surface area contributed by atoms with Gasteiger partial charge >= 0.3 is 5.97 Å². The highest BCUT2D eigenvalue weighted by Crippen LogP contribution is 2.21. The van der Waals surface area contributed by atoms with E-state index in [1.54, 1.807) is 12.1 Å². The van der Waals surface area contributed by atoms with E-state index in [1.807, 2.05) is 24.0 Å². The molecule has 25 heavy (non-hydrogen) atoms. The Labute approximate surface area is 150 Å². The van der Waals surface area contributed by atoms with Gasteiger partial charge in [-0.25, -0.2) is 4.98 Å². The molecule has 2 heterocycles. The van der Waals surface area contributed by atoms with Crippen LogP contribution >= 0.6 is 11.6 Å². The van der Waals surface area contributed by atoms with Crippen LogP contribution in [0.1, 0.15) is 29.7 Å². The third-order valence-corrected chi connectivity index (χ3v) is 4.90. The summed E-state index contributed by atoms with van der Waals surface area (Å²) in [6, 6.07) is 7.39. The van der Waals surface area contributed by atoms with Crippen molar-refractivity contribution in [2.24, 2.45) is 5.92 Å². The van der Waals surface area contributed by atoms with Crippen LogP contribution in [0.4, 0.5) is 5.95 Å². The van der Waals surface area contributed by atoms with E-state index in [4.69, 9.17) is 16.7 Å². The Morgan fingerprint density at radius 2 is 1.96 bits per heavy atom. The number of carbonyl (C=O) groups is 1. The van der Waals surface area contributed by atoms with Crippen molar-refractivity contribution in [1.82, 2.24) is 9.97 Å². The summed E-state index contributed by atoms with van der Waals surface area (Å²) in [5.41, 5.74) is 2.16. The molecule has 0 amide bonds. The highest BCUT2D eigenvalue weighted by atomic mass is 35.5. The summed E-state index contributed by atoms with van der Waals surface area (Å²) in [6.07, 6.45) is 1.61. The topological polar surface area (TPSA) is 86.3 Å². The smallest absolute Gasteiger partial charge is 0.306 e. The number of carboxylic acids is 1. The SMILES string of the molecule is Cc1nc(N2CCC(C(=O)O)CC2)[nH]c(=O)c1Cc1ccc(Cl)cc1. The Hall–Kier alpha value is -2.34. The first kappa shape index (κ1) is 17.5. The molecule has 132 valence electrons. The summed E-state index contributed by atoms with van der Waals surface area (Å²) in [7, 11) is 0. The van der Waals surface area contributed by atoms with Crippen LogP contribution < -0.4 is 10.5 Å². The van der Waals surface area contributed by atoms with Crippen molar-refractivity contribution in [2.45, 2.75) is 26.2 Å². The molecule has 0 spiro atoms. The molecule has 3 rings (SSSR count). The summed E-state index contributed by atoms with van der Waals surface area (Å²) < 4.78 is 0. The Balaban J connectivity index is 1.77. The molecule has 0 aliphatic carbocycles. The molecule has 0 bridgehead atoms. The fourth-order valence-corrected chi connectivity index (χ4v) is 3.22. The van der Waals surface area contributed by atoms with E-state index < -0.39 is 5.97 Å². The maximum Gasteiger partial charge on any atom is 0.306 e. The summed E-state index contributed by atoms with van der Waals surface area (Å²) in [6.45, 7) is 2.99. The molecule has 0 radical (unpaired) electrons. The highest BCUT2D eigenvalue weighted by Gasteiger charge is 2.26. The van der Waals surface area contributed by atoms with Gasteiger partial charge in [-0.3, -0.25) is 14.6 Å². The van der Waals surface area contributed by atoms with E-state index >= 15 is 0 Å². The van der Waals surface area contributed by atoms with Crippen LogP contribution in [0, 0.1) is 12.8 Å². The number of hydrogen-bond donors (Lipinski definition) is 2. The van der Waals surface area contributed by atoms with Gasteiger partial charge in [0.05, 0.1) is 11.6 Å². The van der Waals surface area contributed by atoms with Gasteiger partial charge in [-0.2, -0.15) is 0 Å². The van der Waals surface area contributed by atoms with E-state index in [1.165, 1.54) is 0 Å². The lowest BCUT2D eigenvalue weighted by atomic mass is 9.97. The summed E-state index contributed by atoms with van der Waals surface area (Å²) in [5, 5.41) is 9.74. The zero-order valence-corrected chi connectivity index (χ0v) is 14.7. The van der Waals surface area contributed by atoms with Crippen LogP contribution in [-0.2, 0) is 11.2 Å². The Bertz CT molecular complexity index is 824. The largest absolute Gasteiger partial charge is 0.481 e. The summed E-state index contributed by atoms with van der Waals surface area (Å²) in [5.74, 6) is -0.546. The number of carboxylic acid groups (broad SMARTS) is 1. The van der Waals surface area contributed by atoms with Crippen LogP contribution in [0.15, 0.2) is 29.1 Å². The number of nitrogens with zero attached hydrogens (tertiary/aromatic N) is 2. The quantitative estimate of drug-likeness (QED) is 0.874. The molecule has 1 saturated heterocycles. The summed E-state index contributed by atoms with van der Waals surface area (Å²) >= 11 is 5.89. The third-order valence-electron chi connectivity index (χ3n) is 4.65. The predicted molar refractivity (Wildman–Crippen MR) is 96.4 cm³/mol. The van der Waals surface area contributed by atoms with E-state index in [2.05, 4.69) is 9.97 Å². The zero-order valence-electron chi connectivity index (χ0n) is 14.0. The van der Waals surface area contributed by atoms with Crippen LogP contribution in [0.3, 0.4) is 0 Å². The fraction of sp³-hybridized carbons (Fsp3) is 0.389. The van der Waals surface area contributed by atoms with Crippen LogP contribution in [0.25, 0.3) is 0 Å². The van der Waals surface area contributed by atoms with E-state index in [9.17, 15) is 9.59 Å². The lowest BCUT2D eigenvalue weighted by molar-refractivity contribution is -0.142. The number of nitrogens with one attached hydrogen (secondary N) is 1. The van der Waals surface area contributed by atoms with Gasteiger partial charge in [-0.05, 0) is 37.5 Å². The number of aryl methyl sites for hydroxylation is 1. The molecule has 1 aliphatic heterocycles. The molecule has 1 aromatic heterocycles. The molecule has 1 aliphatic rings. The third kappa shape index (κ3) is 4.02. The number of hydrogen-bond acceptors (Lipinski definition) is 4. The average molecular weight is 362 g/mol. The van der Waals surface area contributed by atoms with Gasteiger partial charge in [0.25, 0.3) is 5.56 Å². The minimum atomic E-state index is -0.754. The molecule has 1 fully saturated rings. The number of benzene rings is 1. The highest BCUT2D eigenvalue weighted by molar-refractivity contribution is 6.30. The average Bonchev–Trinajstić information content (AvgIpc) is 2.59. The van der Waals surface area contributed by atoms with Crippen molar-refractivity contribution in [3.63, 3.8) is 0 Å². The lowest BCUT2D eigenvalue weighted by Gasteiger charge is -2.30. The van der Waals surface area contributed by atoms with Crippen molar-refractivity contribution in [3.8, 4) is 0 Å². The van der Waals surface area contributed by atoms with Gasteiger partial charge in [-0.15, -0.1) is 0 Å². The minimum Gasteiger partial charge on any atom is -0.481 e. The Morgan fingerprint density at radius 3 is 2.52 bits per heavy atom. The predicted octanol–water partition coefficient (Wildman–Crippen LogP) is 2.62. The van der Waals surface area contributed by atoms with Crippen molar-refractivity contribution in [1.29, 1.82) is 0 Å². The molecular formula is C18H20ClN3O3. The first-order valence-electron chi connectivity index (χ1n) is 8.26. The van der Waals surface area contributed by atoms with Crippen LogP contribution in [0.5, 0.6) is 0 Å². The second-order valence-corrected chi connectivity index (χ2v) is 6.79. The van der Waals surface area contributed by atoms with E-state index in [0.29, 0.717) is 54.6 Å². The maximum atomic E-state index is 12.5. The number of piperidine rings is 1.